The highest BCUT2D eigenvalue weighted by atomic mass is 16.1. The maximum absolute atomic E-state index is 11.8. The number of hydrogen-bond acceptors (Lipinski definition) is 3. The minimum absolute atomic E-state index is 0.178. The average molecular weight is 219 g/mol. The lowest BCUT2D eigenvalue weighted by atomic mass is 10.2. The summed E-state index contributed by atoms with van der Waals surface area (Å²) >= 11 is 0. The third-order valence-corrected chi connectivity index (χ3v) is 2.54. The molecular formula is C10H13N5O. The summed E-state index contributed by atoms with van der Waals surface area (Å²) in [6, 6.07) is 1.73. The second-order valence-corrected chi connectivity index (χ2v) is 3.62. The summed E-state index contributed by atoms with van der Waals surface area (Å²) in [6.45, 7) is 3.69. The lowest BCUT2D eigenvalue weighted by molar-refractivity contribution is 0.102. The molecule has 84 valence electrons. The highest BCUT2D eigenvalue weighted by Crippen LogP contribution is 2.12. The Hall–Kier alpha value is -2.11. The van der Waals surface area contributed by atoms with Crippen LogP contribution in [0.1, 0.15) is 21.7 Å². The summed E-state index contributed by atoms with van der Waals surface area (Å²) in [5.41, 5.74) is 2.27. The van der Waals surface area contributed by atoms with Crippen LogP contribution in [0.25, 0.3) is 0 Å². The molecule has 6 nitrogen and oxygen atoms in total. The third kappa shape index (κ3) is 1.69. The van der Waals surface area contributed by atoms with Gasteiger partial charge in [0, 0.05) is 18.9 Å². The van der Waals surface area contributed by atoms with E-state index in [4.69, 9.17) is 0 Å². The van der Waals surface area contributed by atoms with Gasteiger partial charge in [-0.2, -0.15) is 0 Å². The minimum Gasteiger partial charge on any atom is -0.365 e. The van der Waals surface area contributed by atoms with Crippen molar-refractivity contribution in [3.8, 4) is 0 Å². The van der Waals surface area contributed by atoms with E-state index >= 15 is 0 Å². The number of aromatic nitrogens is 4. The third-order valence-electron chi connectivity index (χ3n) is 2.54. The van der Waals surface area contributed by atoms with Gasteiger partial charge in [-0.3, -0.25) is 9.48 Å². The molecule has 0 fully saturated rings. The molecule has 0 saturated carbocycles. The number of aromatic amines is 1. The molecule has 2 aromatic rings. The molecule has 16 heavy (non-hydrogen) atoms. The Morgan fingerprint density at radius 1 is 1.50 bits per heavy atom. The summed E-state index contributed by atoms with van der Waals surface area (Å²) in [6.07, 6.45) is 1.73. The molecule has 0 atom stereocenters. The van der Waals surface area contributed by atoms with Crippen molar-refractivity contribution in [3.05, 3.63) is 29.2 Å². The largest absolute Gasteiger partial charge is 0.365 e. The van der Waals surface area contributed by atoms with Gasteiger partial charge in [0.15, 0.2) is 5.82 Å². The van der Waals surface area contributed by atoms with Crippen LogP contribution in [0.3, 0.4) is 0 Å². The number of aryl methyl sites for hydroxylation is 2. The topological polar surface area (TPSA) is 75.6 Å². The number of hydrogen-bond donors (Lipinski definition) is 2. The van der Waals surface area contributed by atoms with Crippen LogP contribution in [0.2, 0.25) is 0 Å². The van der Waals surface area contributed by atoms with E-state index in [2.05, 4.69) is 20.6 Å². The lowest BCUT2D eigenvalue weighted by Crippen LogP contribution is -2.13. The predicted molar refractivity (Wildman–Crippen MR) is 59.2 cm³/mol. The van der Waals surface area contributed by atoms with E-state index < -0.39 is 0 Å². The second kappa shape index (κ2) is 3.80. The Balaban J connectivity index is 2.20. The van der Waals surface area contributed by atoms with Gasteiger partial charge in [0.25, 0.3) is 5.91 Å². The van der Waals surface area contributed by atoms with Gasteiger partial charge < -0.3 is 10.3 Å². The van der Waals surface area contributed by atoms with Crippen LogP contribution < -0.4 is 5.32 Å². The fourth-order valence-corrected chi connectivity index (χ4v) is 1.39. The Morgan fingerprint density at radius 2 is 2.25 bits per heavy atom. The van der Waals surface area contributed by atoms with E-state index in [1.165, 1.54) is 0 Å². The van der Waals surface area contributed by atoms with Gasteiger partial charge in [-0.05, 0) is 19.9 Å². The van der Waals surface area contributed by atoms with Gasteiger partial charge in [0.05, 0.1) is 11.3 Å². The van der Waals surface area contributed by atoms with Crippen molar-refractivity contribution in [2.75, 3.05) is 5.32 Å². The number of rotatable bonds is 2. The molecule has 0 aliphatic rings. The van der Waals surface area contributed by atoms with Crippen molar-refractivity contribution < 1.29 is 4.79 Å². The molecule has 0 bridgehead atoms. The number of H-pyrrole nitrogens is 1. The fourth-order valence-electron chi connectivity index (χ4n) is 1.39. The molecule has 2 heterocycles. The number of carbonyl (C=O) groups excluding carboxylic acids is 1. The SMILES string of the molecule is Cc1[nH]ccc1C(=O)Nc1nnn(C)c1C. The minimum atomic E-state index is -0.178. The van der Waals surface area contributed by atoms with E-state index in [-0.39, 0.29) is 5.91 Å². The molecule has 0 unspecified atom stereocenters. The highest BCUT2D eigenvalue weighted by Gasteiger charge is 2.13. The molecule has 0 radical (unpaired) electrons. The second-order valence-electron chi connectivity index (χ2n) is 3.62. The van der Waals surface area contributed by atoms with Gasteiger partial charge in [-0.1, -0.05) is 5.21 Å². The number of amides is 1. The molecular weight excluding hydrogens is 206 g/mol. The molecule has 6 heteroatoms. The van der Waals surface area contributed by atoms with E-state index in [0.717, 1.165) is 11.4 Å². The Kier molecular flexibility index (Phi) is 2.47. The number of anilines is 1. The van der Waals surface area contributed by atoms with Crippen molar-refractivity contribution in [1.82, 2.24) is 20.0 Å². The molecule has 0 spiro atoms. The summed E-state index contributed by atoms with van der Waals surface area (Å²) in [4.78, 5) is 14.8. The van der Waals surface area contributed by atoms with E-state index in [1.807, 2.05) is 13.8 Å². The van der Waals surface area contributed by atoms with Gasteiger partial charge in [0.1, 0.15) is 0 Å². The summed E-state index contributed by atoms with van der Waals surface area (Å²) in [7, 11) is 1.78. The van der Waals surface area contributed by atoms with E-state index in [0.29, 0.717) is 11.4 Å². The van der Waals surface area contributed by atoms with Crippen molar-refractivity contribution >= 4 is 11.7 Å². The predicted octanol–water partition coefficient (Wildman–Crippen LogP) is 1.01. The monoisotopic (exact) mass is 219 g/mol. The van der Waals surface area contributed by atoms with E-state index in [9.17, 15) is 4.79 Å². The average Bonchev–Trinajstić information content (AvgIpc) is 2.79. The van der Waals surface area contributed by atoms with Crippen LogP contribution in [0, 0.1) is 13.8 Å². The first-order valence-electron chi connectivity index (χ1n) is 4.91. The molecule has 0 aliphatic carbocycles. The molecule has 2 rings (SSSR count). The first kappa shape index (κ1) is 10.4. The first-order valence-corrected chi connectivity index (χ1v) is 4.91. The van der Waals surface area contributed by atoms with Crippen molar-refractivity contribution in [2.24, 2.45) is 7.05 Å². The zero-order valence-electron chi connectivity index (χ0n) is 9.40. The van der Waals surface area contributed by atoms with Gasteiger partial charge in [-0.25, -0.2) is 0 Å². The van der Waals surface area contributed by atoms with E-state index in [1.54, 1.807) is 24.0 Å². The van der Waals surface area contributed by atoms with Gasteiger partial charge in [-0.15, -0.1) is 5.10 Å². The van der Waals surface area contributed by atoms with Crippen LogP contribution in [0.5, 0.6) is 0 Å². The summed E-state index contributed by atoms with van der Waals surface area (Å²) < 4.78 is 1.61. The first-order chi connectivity index (χ1) is 7.59. The molecule has 2 aromatic heterocycles. The molecule has 0 saturated heterocycles. The van der Waals surface area contributed by atoms with Crippen molar-refractivity contribution in [2.45, 2.75) is 13.8 Å². The maximum Gasteiger partial charge on any atom is 0.258 e. The van der Waals surface area contributed by atoms with Crippen LogP contribution in [-0.4, -0.2) is 25.9 Å². The Morgan fingerprint density at radius 3 is 2.75 bits per heavy atom. The lowest BCUT2D eigenvalue weighted by Gasteiger charge is -2.01. The van der Waals surface area contributed by atoms with Crippen LogP contribution in [-0.2, 0) is 7.05 Å². The van der Waals surface area contributed by atoms with Crippen LogP contribution in [0.15, 0.2) is 12.3 Å². The highest BCUT2D eigenvalue weighted by molar-refractivity contribution is 6.04. The maximum atomic E-state index is 11.8. The molecule has 2 N–H and O–H groups in total. The van der Waals surface area contributed by atoms with Crippen molar-refractivity contribution in [1.29, 1.82) is 0 Å². The summed E-state index contributed by atoms with van der Waals surface area (Å²) in [5.74, 6) is 0.315. The Bertz CT molecular complexity index is 525. The molecule has 1 amide bonds. The standard InChI is InChI=1S/C10H13N5O/c1-6-8(4-5-11-6)10(16)12-9-7(2)15(3)14-13-9/h4-5,11H,1-3H3,(H,12,16). The van der Waals surface area contributed by atoms with Gasteiger partial charge in [0.2, 0.25) is 0 Å². The molecule has 0 aromatic carbocycles. The number of carbonyl (C=O) groups is 1. The number of nitrogens with zero attached hydrogens (tertiary/aromatic N) is 3. The zero-order valence-corrected chi connectivity index (χ0v) is 9.40. The van der Waals surface area contributed by atoms with Crippen LogP contribution >= 0.6 is 0 Å². The quantitative estimate of drug-likeness (QED) is 0.791. The van der Waals surface area contributed by atoms with Gasteiger partial charge >= 0.3 is 0 Å². The number of nitrogens with one attached hydrogen (secondary N) is 2. The fraction of sp³-hybridized carbons (Fsp3) is 0.300. The molecule has 0 aliphatic heterocycles. The smallest absolute Gasteiger partial charge is 0.258 e. The normalized spacial score (nSPS) is 10.4. The Labute approximate surface area is 92.7 Å². The zero-order chi connectivity index (χ0) is 11.7. The van der Waals surface area contributed by atoms with Crippen molar-refractivity contribution in [3.63, 3.8) is 0 Å². The van der Waals surface area contributed by atoms with Crippen LogP contribution in [0.4, 0.5) is 5.82 Å². The summed E-state index contributed by atoms with van der Waals surface area (Å²) in [5, 5.41) is 10.4.